The normalized spacial score (nSPS) is 20.7. The maximum Gasteiger partial charge on any atom is 0.318 e. The first-order chi connectivity index (χ1) is 14.1. The molecule has 1 saturated heterocycles. The number of aliphatic hydroxyl groups is 1. The Balaban J connectivity index is 1.76. The van der Waals surface area contributed by atoms with Crippen LogP contribution < -0.4 is 10.6 Å². The van der Waals surface area contributed by atoms with Crippen LogP contribution >= 0.6 is 0 Å². The molecule has 1 aliphatic heterocycles. The summed E-state index contributed by atoms with van der Waals surface area (Å²) in [5, 5.41) is 15.6. The van der Waals surface area contributed by atoms with E-state index in [9.17, 15) is 19.1 Å². The Kier molecular flexibility index (Phi) is 6.82. The smallest absolute Gasteiger partial charge is 0.318 e. The Labute approximate surface area is 169 Å². The van der Waals surface area contributed by atoms with Crippen molar-refractivity contribution >= 4 is 11.9 Å². The Hall–Kier alpha value is -2.93. The van der Waals surface area contributed by atoms with Crippen LogP contribution in [0.5, 0.6) is 0 Å². The molecule has 7 heteroatoms. The number of hydrogen-bond acceptors (Lipinski definition) is 3. The summed E-state index contributed by atoms with van der Waals surface area (Å²) in [6.45, 7) is 2.57. The van der Waals surface area contributed by atoms with Gasteiger partial charge in [-0.15, -0.1) is 0 Å². The highest BCUT2D eigenvalue weighted by Crippen LogP contribution is 2.40. The molecule has 3 N–H and O–H groups in total. The van der Waals surface area contributed by atoms with Crippen molar-refractivity contribution in [3.63, 3.8) is 0 Å². The lowest BCUT2D eigenvalue weighted by molar-refractivity contribution is -0.00687. The maximum absolute atomic E-state index is 13.1. The molecule has 0 aliphatic carbocycles. The lowest BCUT2D eigenvalue weighted by atomic mass is 9.75. The van der Waals surface area contributed by atoms with Crippen LogP contribution in [-0.2, 0) is 0 Å². The molecule has 0 radical (unpaired) electrons. The van der Waals surface area contributed by atoms with Gasteiger partial charge in [0.1, 0.15) is 5.82 Å². The molecule has 1 heterocycles. The van der Waals surface area contributed by atoms with Gasteiger partial charge in [-0.25, -0.2) is 9.18 Å². The van der Waals surface area contributed by atoms with Crippen molar-refractivity contribution in [3.05, 3.63) is 71.5 Å². The van der Waals surface area contributed by atoms with Gasteiger partial charge < -0.3 is 20.6 Å². The molecule has 0 aromatic heterocycles. The van der Waals surface area contributed by atoms with Crippen LogP contribution in [0.1, 0.15) is 35.2 Å². The third kappa shape index (κ3) is 4.56. The molecule has 3 rings (SSSR count). The number of likely N-dealkylation sites (tertiary alicyclic amines) is 1. The lowest BCUT2D eigenvalue weighted by Crippen LogP contribution is -2.70. The van der Waals surface area contributed by atoms with E-state index in [4.69, 9.17) is 0 Å². The van der Waals surface area contributed by atoms with Gasteiger partial charge in [0.05, 0.1) is 18.7 Å². The quantitative estimate of drug-likeness (QED) is 0.669. The van der Waals surface area contributed by atoms with E-state index in [1.165, 1.54) is 24.3 Å². The second kappa shape index (κ2) is 9.52. The molecular formula is C22H26FN3O3. The molecular weight excluding hydrogens is 373 g/mol. The number of urea groups is 1. The summed E-state index contributed by atoms with van der Waals surface area (Å²) >= 11 is 0. The Bertz CT molecular complexity index is 829. The summed E-state index contributed by atoms with van der Waals surface area (Å²) in [7, 11) is 0. The molecule has 29 heavy (non-hydrogen) atoms. The molecule has 0 bridgehead atoms. The van der Waals surface area contributed by atoms with E-state index < -0.39 is 5.82 Å². The third-order valence-electron chi connectivity index (χ3n) is 5.25. The van der Waals surface area contributed by atoms with Gasteiger partial charge >= 0.3 is 6.03 Å². The van der Waals surface area contributed by atoms with Crippen LogP contribution in [0.25, 0.3) is 0 Å². The highest BCUT2D eigenvalue weighted by atomic mass is 19.1. The average Bonchev–Trinajstić information content (AvgIpc) is 2.72. The standard InChI is InChI=1S/C22H26FN3O3/c1-2-12-24-22(29)26-18(13-25-21(28)16-8-10-17(23)11-9-16)20(19(26)14-27)15-6-4-3-5-7-15/h3-11,18-20,27H,2,12-14H2,1H3,(H,24,29)(H,25,28)/t18-,19+,20+/m1/s1. The van der Waals surface area contributed by atoms with E-state index in [1.54, 1.807) is 4.90 Å². The zero-order valence-corrected chi connectivity index (χ0v) is 16.3. The van der Waals surface area contributed by atoms with Crippen molar-refractivity contribution in [1.82, 2.24) is 15.5 Å². The largest absolute Gasteiger partial charge is 0.394 e. The molecule has 1 fully saturated rings. The van der Waals surface area contributed by atoms with Crippen molar-refractivity contribution in [2.45, 2.75) is 31.3 Å². The highest BCUT2D eigenvalue weighted by Gasteiger charge is 2.51. The van der Waals surface area contributed by atoms with Gasteiger partial charge in [0.25, 0.3) is 5.91 Å². The van der Waals surface area contributed by atoms with Crippen LogP contribution in [0, 0.1) is 5.82 Å². The lowest BCUT2D eigenvalue weighted by Gasteiger charge is -2.54. The average molecular weight is 399 g/mol. The van der Waals surface area contributed by atoms with Crippen LogP contribution in [-0.4, -0.2) is 53.7 Å². The number of benzene rings is 2. The number of nitrogens with one attached hydrogen (secondary N) is 2. The maximum atomic E-state index is 13.1. The number of amides is 3. The van der Waals surface area contributed by atoms with E-state index in [2.05, 4.69) is 10.6 Å². The molecule has 0 unspecified atom stereocenters. The molecule has 154 valence electrons. The van der Waals surface area contributed by atoms with E-state index in [0.29, 0.717) is 12.1 Å². The molecule has 3 amide bonds. The van der Waals surface area contributed by atoms with Crippen molar-refractivity contribution in [1.29, 1.82) is 0 Å². The first-order valence-electron chi connectivity index (χ1n) is 9.82. The van der Waals surface area contributed by atoms with Crippen molar-refractivity contribution in [2.24, 2.45) is 0 Å². The number of hydrogen-bond donors (Lipinski definition) is 3. The summed E-state index contributed by atoms with van der Waals surface area (Å²) in [6, 6.07) is 14.1. The van der Waals surface area contributed by atoms with Crippen molar-refractivity contribution < 1.29 is 19.1 Å². The molecule has 1 aliphatic rings. The van der Waals surface area contributed by atoms with Gasteiger partial charge in [-0.3, -0.25) is 4.79 Å². The summed E-state index contributed by atoms with van der Waals surface area (Å²) < 4.78 is 13.1. The number of aliphatic hydroxyl groups excluding tert-OH is 1. The van der Waals surface area contributed by atoms with Gasteiger partial charge in [0.15, 0.2) is 0 Å². The minimum absolute atomic E-state index is 0.0953. The number of halogens is 1. The topological polar surface area (TPSA) is 81.7 Å². The SMILES string of the molecule is CCCNC(=O)N1[C@H](CNC(=O)c2ccc(F)cc2)[C@H](c2ccccc2)[C@@H]1CO. The van der Waals surface area contributed by atoms with Crippen LogP contribution in [0.3, 0.4) is 0 Å². The Morgan fingerprint density at radius 2 is 1.72 bits per heavy atom. The molecule has 2 aromatic carbocycles. The van der Waals surface area contributed by atoms with Gasteiger partial charge in [0.2, 0.25) is 0 Å². The monoisotopic (exact) mass is 399 g/mol. The number of rotatable bonds is 7. The van der Waals surface area contributed by atoms with E-state index in [-0.39, 0.29) is 43.1 Å². The van der Waals surface area contributed by atoms with E-state index in [1.807, 2.05) is 37.3 Å². The number of carbonyl (C=O) groups is 2. The fourth-order valence-electron chi connectivity index (χ4n) is 3.82. The molecule has 6 nitrogen and oxygen atoms in total. The Morgan fingerprint density at radius 1 is 1.03 bits per heavy atom. The van der Waals surface area contributed by atoms with E-state index in [0.717, 1.165) is 12.0 Å². The second-order valence-electron chi connectivity index (χ2n) is 7.11. The van der Waals surface area contributed by atoms with Crippen molar-refractivity contribution in [3.8, 4) is 0 Å². The van der Waals surface area contributed by atoms with Gasteiger partial charge in [-0.1, -0.05) is 37.3 Å². The van der Waals surface area contributed by atoms with Gasteiger partial charge in [-0.2, -0.15) is 0 Å². The molecule has 0 spiro atoms. The zero-order valence-electron chi connectivity index (χ0n) is 16.3. The van der Waals surface area contributed by atoms with Crippen LogP contribution in [0.2, 0.25) is 0 Å². The first kappa shape index (κ1) is 20.8. The summed E-state index contributed by atoms with van der Waals surface area (Å²) in [6.07, 6.45) is 0.803. The third-order valence-corrected chi connectivity index (χ3v) is 5.25. The minimum Gasteiger partial charge on any atom is -0.394 e. The van der Waals surface area contributed by atoms with E-state index >= 15 is 0 Å². The fourth-order valence-corrected chi connectivity index (χ4v) is 3.82. The Morgan fingerprint density at radius 3 is 2.34 bits per heavy atom. The molecule has 2 aromatic rings. The predicted molar refractivity (Wildman–Crippen MR) is 108 cm³/mol. The minimum atomic E-state index is -0.408. The number of nitrogens with zero attached hydrogens (tertiary/aromatic N) is 1. The van der Waals surface area contributed by atoms with Gasteiger partial charge in [0, 0.05) is 24.6 Å². The van der Waals surface area contributed by atoms with Gasteiger partial charge in [-0.05, 0) is 36.2 Å². The molecule has 3 atom stereocenters. The van der Waals surface area contributed by atoms with Crippen LogP contribution in [0.4, 0.5) is 9.18 Å². The van der Waals surface area contributed by atoms with Crippen LogP contribution in [0.15, 0.2) is 54.6 Å². The second-order valence-corrected chi connectivity index (χ2v) is 7.11. The predicted octanol–water partition coefficient (Wildman–Crippen LogP) is 2.50. The number of carbonyl (C=O) groups excluding carboxylic acids is 2. The fraction of sp³-hybridized carbons (Fsp3) is 0.364. The summed E-state index contributed by atoms with van der Waals surface area (Å²) in [5.74, 6) is -0.838. The summed E-state index contributed by atoms with van der Waals surface area (Å²) in [4.78, 5) is 26.7. The summed E-state index contributed by atoms with van der Waals surface area (Å²) in [5.41, 5.74) is 1.36. The molecule has 0 saturated carbocycles. The zero-order chi connectivity index (χ0) is 20.8. The van der Waals surface area contributed by atoms with Crippen molar-refractivity contribution in [2.75, 3.05) is 19.7 Å². The highest BCUT2D eigenvalue weighted by molar-refractivity contribution is 5.94. The first-order valence-corrected chi connectivity index (χ1v) is 9.82.